The number of ether oxygens (including phenoxy) is 2. The molecule has 4 aromatic carbocycles. The molecule has 0 aliphatic carbocycles. The monoisotopic (exact) mass is 522 g/mol. The summed E-state index contributed by atoms with van der Waals surface area (Å²) in [6.07, 6.45) is 0.510. The van der Waals surface area contributed by atoms with E-state index in [1.165, 1.54) is 0 Å². The van der Waals surface area contributed by atoms with E-state index < -0.39 is 6.04 Å². The zero-order chi connectivity index (χ0) is 27.5. The van der Waals surface area contributed by atoms with Crippen LogP contribution < -0.4 is 14.8 Å². The number of benzene rings is 4. The van der Waals surface area contributed by atoms with Crippen molar-refractivity contribution in [2.24, 2.45) is 0 Å². The van der Waals surface area contributed by atoms with Gasteiger partial charge in [-0.2, -0.15) is 0 Å². The second-order valence-corrected chi connectivity index (χ2v) is 9.28. The van der Waals surface area contributed by atoms with E-state index >= 15 is 0 Å². The first-order valence-corrected chi connectivity index (χ1v) is 13.0. The van der Waals surface area contributed by atoms with Gasteiger partial charge in [-0.1, -0.05) is 97.1 Å². The highest BCUT2D eigenvalue weighted by molar-refractivity contribution is 5.89. The van der Waals surface area contributed by atoms with Crippen LogP contribution in [0.2, 0.25) is 0 Å². The summed E-state index contributed by atoms with van der Waals surface area (Å²) >= 11 is 0. The van der Waals surface area contributed by atoms with E-state index in [2.05, 4.69) is 5.32 Å². The minimum absolute atomic E-state index is 0.116. The summed E-state index contributed by atoms with van der Waals surface area (Å²) in [4.78, 5) is 29.4. The summed E-state index contributed by atoms with van der Waals surface area (Å²) in [5.41, 5.74) is 3.70. The fourth-order valence-electron chi connectivity index (χ4n) is 4.50. The van der Waals surface area contributed by atoms with Gasteiger partial charge >= 0.3 is 0 Å². The molecule has 0 unspecified atom stereocenters. The Morgan fingerprint density at radius 2 is 1.26 bits per heavy atom. The van der Waals surface area contributed by atoms with Crippen LogP contribution in [-0.4, -0.2) is 37.0 Å². The minimum Gasteiger partial charge on any atom is -0.493 e. The number of carbonyl (C=O) groups excluding carboxylic acids is 2. The molecule has 0 saturated heterocycles. The highest BCUT2D eigenvalue weighted by atomic mass is 16.5. The smallest absolute Gasteiger partial charge is 0.243 e. The van der Waals surface area contributed by atoms with Crippen LogP contribution in [-0.2, 0) is 35.5 Å². The second kappa shape index (κ2) is 13.8. The van der Waals surface area contributed by atoms with Crippen LogP contribution in [0.1, 0.15) is 22.3 Å². The zero-order valence-corrected chi connectivity index (χ0v) is 22.4. The van der Waals surface area contributed by atoms with Crippen molar-refractivity contribution in [3.63, 3.8) is 0 Å². The normalized spacial score (nSPS) is 11.3. The van der Waals surface area contributed by atoms with E-state index in [9.17, 15) is 9.59 Å². The van der Waals surface area contributed by atoms with Crippen LogP contribution in [0.4, 0.5) is 0 Å². The van der Waals surface area contributed by atoms with Crippen LogP contribution in [0.15, 0.2) is 109 Å². The van der Waals surface area contributed by atoms with Gasteiger partial charge in [-0.05, 0) is 34.4 Å². The molecule has 2 amide bonds. The maximum Gasteiger partial charge on any atom is 0.243 e. The molecular formula is C33H34N2O4. The summed E-state index contributed by atoms with van der Waals surface area (Å²) in [7, 11) is 3.14. The van der Waals surface area contributed by atoms with Gasteiger partial charge in [0, 0.05) is 19.5 Å². The molecule has 0 fully saturated rings. The largest absolute Gasteiger partial charge is 0.493 e. The predicted octanol–water partition coefficient (Wildman–Crippen LogP) is 5.20. The predicted molar refractivity (Wildman–Crippen MR) is 152 cm³/mol. The van der Waals surface area contributed by atoms with E-state index in [0.717, 1.165) is 22.3 Å². The lowest BCUT2D eigenvalue weighted by atomic mass is 10.0. The van der Waals surface area contributed by atoms with Crippen molar-refractivity contribution in [3.05, 3.63) is 131 Å². The molecule has 0 aliphatic rings. The van der Waals surface area contributed by atoms with Crippen molar-refractivity contribution in [3.8, 4) is 11.5 Å². The molecule has 0 saturated carbocycles. The molecule has 0 aromatic heterocycles. The number of nitrogens with one attached hydrogen (secondary N) is 1. The Morgan fingerprint density at radius 1 is 0.692 bits per heavy atom. The zero-order valence-electron chi connectivity index (χ0n) is 22.4. The Labute approximate surface area is 230 Å². The van der Waals surface area contributed by atoms with Gasteiger partial charge in [0.05, 0.1) is 20.6 Å². The Bertz CT molecular complexity index is 1340. The Balaban J connectivity index is 1.65. The van der Waals surface area contributed by atoms with E-state index in [1.807, 2.05) is 97.1 Å². The molecule has 0 heterocycles. The van der Waals surface area contributed by atoms with Crippen LogP contribution in [0.25, 0.3) is 0 Å². The minimum atomic E-state index is -0.705. The molecule has 0 radical (unpaired) electrons. The second-order valence-electron chi connectivity index (χ2n) is 9.28. The molecule has 6 nitrogen and oxygen atoms in total. The maximum atomic E-state index is 14.0. The third kappa shape index (κ3) is 7.71. The van der Waals surface area contributed by atoms with Gasteiger partial charge in [0.2, 0.25) is 11.8 Å². The van der Waals surface area contributed by atoms with Crippen molar-refractivity contribution in [2.75, 3.05) is 14.2 Å². The van der Waals surface area contributed by atoms with Crippen molar-refractivity contribution in [1.82, 2.24) is 10.2 Å². The topological polar surface area (TPSA) is 67.9 Å². The quantitative estimate of drug-likeness (QED) is 0.278. The van der Waals surface area contributed by atoms with Crippen molar-refractivity contribution in [1.29, 1.82) is 0 Å². The van der Waals surface area contributed by atoms with E-state index in [4.69, 9.17) is 9.47 Å². The number of methoxy groups -OCH3 is 2. The first kappa shape index (κ1) is 27.5. The van der Waals surface area contributed by atoms with Crippen molar-refractivity contribution >= 4 is 11.8 Å². The van der Waals surface area contributed by atoms with Gasteiger partial charge in [0.1, 0.15) is 6.04 Å². The number of nitrogens with zero attached hydrogens (tertiary/aromatic N) is 1. The van der Waals surface area contributed by atoms with Gasteiger partial charge in [0.15, 0.2) is 11.5 Å². The van der Waals surface area contributed by atoms with Gasteiger partial charge in [-0.3, -0.25) is 9.59 Å². The van der Waals surface area contributed by atoms with Gasteiger partial charge < -0.3 is 19.7 Å². The molecule has 200 valence electrons. The first-order chi connectivity index (χ1) is 19.1. The Hall–Kier alpha value is -4.58. The highest BCUT2D eigenvalue weighted by Gasteiger charge is 2.30. The molecule has 0 aliphatic heterocycles. The van der Waals surface area contributed by atoms with Gasteiger partial charge in [0.25, 0.3) is 0 Å². The van der Waals surface area contributed by atoms with Crippen LogP contribution >= 0.6 is 0 Å². The standard InChI is InChI=1S/C33H34N2O4/c1-38-30-19-18-28(21-31(30)39-2)22-32(36)35(24-27-16-10-5-11-17-27)29(20-25-12-6-3-7-13-25)33(37)34-23-26-14-8-4-9-15-26/h3-19,21,29H,20,22-24H2,1-2H3,(H,34,37)/t29-/m0/s1. The molecule has 1 N–H and O–H groups in total. The first-order valence-electron chi connectivity index (χ1n) is 13.0. The number of carbonyl (C=O) groups is 2. The van der Waals surface area contributed by atoms with Gasteiger partial charge in [-0.25, -0.2) is 0 Å². The van der Waals surface area contributed by atoms with Crippen LogP contribution in [0.3, 0.4) is 0 Å². The number of rotatable bonds is 12. The average molecular weight is 523 g/mol. The fraction of sp³-hybridized carbons (Fsp3) is 0.212. The molecule has 4 aromatic rings. The van der Waals surface area contributed by atoms with E-state index in [1.54, 1.807) is 31.3 Å². The number of hydrogen-bond donors (Lipinski definition) is 1. The van der Waals surface area contributed by atoms with E-state index in [-0.39, 0.29) is 18.2 Å². The Morgan fingerprint density at radius 3 is 1.85 bits per heavy atom. The summed E-state index contributed by atoms with van der Waals surface area (Å²) in [5, 5.41) is 3.07. The molecule has 1 atom stereocenters. The van der Waals surface area contributed by atoms with Crippen molar-refractivity contribution < 1.29 is 19.1 Å². The summed E-state index contributed by atoms with van der Waals surface area (Å²) in [6, 6.07) is 34.1. The SMILES string of the molecule is COc1ccc(CC(=O)N(Cc2ccccc2)[C@@H](Cc2ccccc2)C(=O)NCc2ccccc2)cc1OC. The molecular weight excluding hydrogens is 488 g/mol. The fourth-order valence-corrected chi connectivity index (χ4v) is 4.50. The third-order valence-electron chi connectivity index (χ3n) is 6.58. The molecule has 0 bridgehead atoms. The Kier molecular flexibility index (Phi) is 9.73. The summed E-state index contributed by atoms with van der Waals surface area (Å²) in [6.45, 7) is 0.692. The van der Waals surface area contributed by atoms with Gasteiger partial charge in [-0.15, -0.1) is 0 Å². The lowest BCUT2D eigenvalue weighted by Gasteiger charge is -2.32. The average Bonchev–Trinajstić information content (AvgIpc) is 2.99. The summed E-state index contributed by atoms with van der Waals surface area (Å²) in [5.74, 6) is 0.803. The number of amides is 2. The summed E-state index contributed by atoms with van der Waals surface area (Å²) < 4.78 is 10.8. The lowest BCUT2D eigenvalue weighted by Crippen LogP contribution is -2.50. The number of hydrogen-bond acceptors (Lipinski definition) is 4. The molecule has 39 heavy (non-hydrogen) atoms. The third-order valence-corrected chi connectivity index (χ3v) is 6.58. The molecule has 6 heteroatoms. The highest BCUT2D eigenvalue weighted by Crippen LogP contribution is 2.28. The van der Waals surface area contributed by atoms with Crippen LogP contribution in [0.5, 0.6) is 11.5 Å². The van der Waals surface area contributed by atoms with E-state index in [0.29, 0.717) is 31.0 Å². The molecule has 0 spiro atoms. The van der Waals surface area contributed by atoms with Crippen LogP contribution in [0, 0.1) is 0 Å². The van der Waals surface area contributed by atoms with Crippen molar-refractivity contribution in [2.45, 2.75) is 32.0 Å². The maximum absolute atomic E-state index is 14.0. The molecule has 4 rings (SSSR count). The lowest BCUT2D eigenvalue weighted by molar-refractivity contribution is -0.140.